The number of hydrogen-bond acceptors (Lipinski definition) is 5. The lowest BCUT2D eigenvalue weighted by molar-refractivity contribution is -0.122. The van der Waals surface area contributed by atoms with Gasteiger partial charge in [0.15, 0.2) is 11.5 Å². The smallest absolute Gasteiger partial charge is 0.335 e. The molecule has 0 bridgehead atoms. The highest BCUT2D eigenvalue weighted by molar-refractivity contribution is 9.10. The summed E-state index contributed by atoms with van der Waals surface area (Å²) in [7, 11) is 1.39. The highest BCUT2D eigenvalue weighted by atomic mass is 79.9. The number of rotatable bonds is 3. The second kappa shape index (κ2) is 7.01. The SMILES string of the molecule is COc1cc(/C=C2/C(=O)NC(=O)N(c3ccc(Br)cc3)C2=O)ccc1O. The molecule has 0 saturated carbocycles. The maximum absolute atomic E-state index is 12.7. The Balaban J connectivity index is 2.01. The molecule has 0 atom stereocenters. The molecule has 4 amide bonds. The first kappa shape index (κ1) is 17.7. The van der Waals surface area contributed by atoms with E-state index >= 15 is 0 Å². The summed E-state index contributed by atoms with van der Waals surface area (Å²) >= 11 is 3.28. The Kier molecular flexibility index (Phi) is 4.77. The van der Waals surface area contributed by atoms with Crippen LogP contribution in [0.15, 0.2) is 52.5 Å². The largest absolute Gasteiger partial charge is 0.504 e. The third kappa shape index (κ3) is 3.31. The fourth-order valence-corrected chi connectivity index (χ4v) is 2.70. The molecule has 2 aromatic carbocycles. The number of urea groups is 1. The molecule has 1 heterocycles. The number of methoxy groups -OCH3 is 1. The Morgan fingerprint density at radius 1 is 1.12 bits per heavy atom. The molecule has 2 N–H and O–H groups in total. The van der Waals surface area contributed by atoms with E-state index in [1.54, 1.807) is 24.3 Å². The Labute approximate surface area is 157 Å². The predicted molar refractivity (Wildman–Crippen MR) is 97.8 cm³/mol. The lowest BCUT2D eigenvalue weighted by Crippen LogP contribution is -2.54. The minimum absolute atomic E-state index is 0.0688. The van der Waals surface area contributed by atoms with Crippen molar-refractivity contribution in [2.75, 3.05) is 12.0 Å². The molecule has 1 saturated heterocycles. The van der Waals surface area contributed by atoms with Gasteiger partial charge in [-0.25, -0.2) is 9.69 Å². The van der Waals surface area contributed by atoms with Crippen molar-refractivity contribution in [1.29, 1.82) is 0 Å². The van der Waals surface area contributed by atoms with E-state index in [0.717, 1.165) is 9.37 Å². The van der Waals surface area contributed by atoms with Crippen LogP contribution >= 0.6 is 15.9 Å². The fraction of sp³-hybridized carbons (Fsp3) is 0.0556. The Hall–Kier alpha value is -3.13. The summed E-state index contributed by atoms with van der Waals surface area (Å²) in [5, 5.41) is 11.8. The normalized spacial score (nSPS) is 16.0. The van der Waals surface area contributed by atoms with Gasteiger partial charge in [0.05, 0.1) is 12.8 Å². The minimum Gasteiger partial charge on any atom is -0.504 e. The van der Waals surface area contributed by atoms with Crippen molar-refractivity contribution in [3.63, 3.8) is 0 Å². The fourth-order valence-electron chi connectivity index (χ4n) is 2.43. The van der Waals surface area contributed by atoms with E-state index in [0.29, 0.717) is 11.3 Å². The minimum atomic E-state index is -0.817. The number of aromatic hydroxyl groups is 1. The number of imide groups is 2. The molecule has 1 aliphatic rings. The van der Waals surface area contributed by atoms with Crippen LogP contribution in [0.5, 0.6) is 11.5 Å². The van der Waals surface area contributed by atoms with E-state index in [-0.39, 0.29) is 17.1 Å². The predicted octanol–water partition coefficient (Wildman–Crippen LogP) is 2.83. The molecule has 7 nitrogen and oxygen atoms in total. The summed E-state index contributed by atoms with van der Waals surface area (Å²) < 4.78 is 5.80. The van der Waals surface area contributed by atoms with E-state index in [4.69, 9.17) is 4.74 Å². The van der Waals surface area contributed by atoms with Gasteiger partial charge in [0.2, 0.25) is 0 Å². The zero-order valence-electron chi connectivity index (χ0n) is 13.5. The number of halogens is 1. The molecule has 0 aromatic heterocycles. The number of carbonyl (C=O) groups excluding carboxylic acids is 3. The number of nitrogens with zero attached hydrogens (tertiary/aromatic N) is 1. The molecule has 1 fully saturated rings. The average molecular weight is 417 g/mol. The second-order valence-corrected chi connectivity index (χ2v) is 6.28. The molecular formula is C18H13BrN2O5. The first-order valence-corrected chi connectivity index (χ1v) is 8.24. The van der Waals surface area contributed by atoms with Crippen molar-refractivity contribution < 1.29 is 24.2 Å². The number of ether oxygens (including phenoxy) is 1. The number of amides is 4. The highest BCUT2D eigenvalue weighted by Gasteiger charge is 2.36. The topological polar surface area (TPSA) is 95.9 Å². The summed E-state index contributed by atoms with van der Waals surface area (Å²) in [4.78, 5) is 37.9. The first-order valence-electron chi connectivity index (χ1n) is 7.44. The van der Waals surface area contributed by atoms with Crippen molar-refractivity contribution >= 4 is 45.5 Å². The molecule has 26 heavy (non-hydrogen) atoms. The van der Waals surface area contributed by atoms with E-state index in [9.17, 15) is 19.5 Å². The summed E-state index contributed by atoms with van der Waals surface area (Å²) in [5.74, 6) is -1.40. The highest BCUT2D eigenvalue weighted by Crippen LogP contribution is 2.28. The van der Waals surface area contributed by atoms with Crippen LogP contribution in [0, 0.1) is 0 Å². The molecule has 1 aliphatic heterocycles. The maximum Gasteiger partial charge on any atom is 0.335 e. The molecule has 0 radical (unpaired) electrons. The lowest BCUT2D eigenvalue weighted by Gasteiger charge is -2.26. The van der Waals surface area contributed by atoms with Gasteiger partial charge >= 0.3 is 6.03 Å². The summed E-state index contributed by atoms with van der Waals surface area (Å²) in [6.07, 6.45) is 1.33. The monoisotopic (exact) mass is 416 g/mol. The number of phenolic OH excluding ortho intramolecular Hbond substituents is 1. The van der Waals surface area contributed by atoms with Crippen LogP contribution in [-0.4, -0.2) is 30.1 Å². The molecule has 8 heteroatoms. The zero-order valence-corrected chi connectivity index (χ0v) is 15.1. The molecule has 132 valence electrons. The van der Waals surface area contributed by atoms with Gasteiger partial charge in [-0.2, -0.15) is 0 Å². The summed E-state index contributed by atoms with van der Waals surface area (Å²) in [5.41, 5.74) is 0.584. The Morgan fingerprint density at radius 3 is 2.46 bits per heavy atom. The molecule has 0 aliphatic carbocycles. The number of barbiturate groups is 1. The van der Waals surface area contributed by atoms with Crippen molar-refractivity contribution in [3.05, 3.63) is 58.1 Å². The van der Waals surface area contributed by atoms with Gasteiger partial charge in [0.25, 0.3) is 11.8 Å². The van der Waals surface area contributed by atoms with Crippen molar-refractivity contribution in [3.8, 4) is 11.5 Å². The average Bonchev–Trinajstić information content (AvgIpc) is 2.61. The van der Waals surface area contributed by atoms with Crippen LogP contribution in [0.1, 0.15) is 5.56 Å². The Morgan fingerprint density at radius 2 is 1.81 bits per heavy atom. The van der Waals surface area contributed by atoms with Gasteiger partial charge in [-0.05, 0) is 48.0 Å². The van der Waals surface area contributed by atoms with Crippen LogP contribution in [0.4, 0.5) is 10.5 Å². The van der Waals surface area contributed by atoms with Crippen LogP contribution in [-0.2, 0) is 9.59 Å². The third-order valence-corrected chi connectivity index (χ3v) is 4.23. The van der Waals surface area contributed by atoms with Gasteiger partial charge in [-0.1, -0.05) is 22.0 Å². The molecular weight excluding hydrogens is 404 g/mol. The quantitative estimate of drug-likeness (QED) is 0.592. The Bertz CT molecular complexity index is 937. The molecule has 0 spiro atoms. The van der Waals surface area contributed by atoms with Crippen molar-refractivity contribution in [1.82, 2.24) is 5.32 Å². The number of phenols is 1. The summed E-state index contributed by atoms with van der Waals surface area (Å²) in [6.45, 7) is 0. The van der Waals surface area contributed by atoms with Crippen molar-refractivity contribution in [2.45, 2.75) is 0 Å². The van der Waals surface area contributed by atoms with Crippen LogP contribution in [0.2, 0.25) is 0 Å². The maximum atomic E-state index is 12.7. The number of carbonyl (C=O) groups is 3. The van der Waals surface area contributed by atoms with Gasteiger partial charge < -0.3 is 9.84 Å². The van der Waals surface area contributed by atoms with E-state index < -0.39 is 17.8 Å². The second-order valence-electron chi connectivity index (χ2n) is 5.37. The first-order chi connectivity index (χ1) is 12.4. The van der Waals surface area contributed by atoms with Crippen LogP contribution in [0.25, 0.3) is 6.08 Å². The number of hydrogen-bond donors (Lipinski definition) is 2. The van der Waals surface area contributed by atoms with Gasteiger partial charge in [-0.15, -0.1) is 0 Å². The van der Waals surface area contributed by atoms with Crippen molar-refractivity contribution in [2.24, 2.45) is 0 Å². The third-order valence-electron chi connectivity index (χ3n) is 3.70. The number of nitrogens with one attached hydrogen (secondary N) is 1. The summed E-state index contributed by atoms with van der Waals surface area (Å²) in [6, 6.07) is 10.1. The molecule has 0 unspecified atom stereocenters. The number of benzene rings is 2. The number of anilines is 1. The van der Waals surface area contributed by atoms with Crippen LogP contribution < -0.4 is 15.0 Å². The van der Waals surface area contributed by atoms with Crippen LogP contribution in [0.3, 0.4) is 0 Å². The van der Waals surface area contributed by atoms with Gasteiger partial charge in [-0.3, -0.25) is 14.9 Å². The lowest BCUT2D eigenvalue weighted by atomic mass is 10.1. The van der Waals surface area contributed by atoms with Gasteiger partial charge in [0.1, 0.15) is 5.57 Å². The standard InChI is InChI=1S/C18H13BrN2O5/c1-26-15-9-10(2-7-14(15)22)8-13-16(23)20-18(25)21(17(13)24)12-5-3-11(19)4-6-12/h2-9,22H,1H3,(H,20,23,25)/b13-8-. The van der Waals surface area contributed by atoms with E-state index in [1.807, 2.05) is 0 Å². The molecule has 2 aromatic rings. The zero-order chi connectivity index (χ0) is 18.8. The molecule has 3 rings (SSSR count). The van der Waals surface area contributed by atoms with Gasteiger partial charge in [0, 0.05) is 4.47 Å². The van der Waals surface area contributed by atoms with E-state index in [1.165, 1.54) is 31.4 Å². The van der Waals surface area contributed by atoms with E-state index in [2.05, 4.69) is 21.2 Å².